The van der Waals surface area contributed by atoms with Gasteiger partial charge in [0.25, 0.3) is 0 Å². The second-order valence-electron chi connectivity index (χ2n) is 5.18. The van der Waals surface area contributed by atoms with E-state index in [-0.39, 0.29) is 0 Å². The smallest absolute Gasteiger partial charge is 0.120 e. The predicted molar refractivity (Wildman–Crippen MR) is 79.1 cm³/mol. The lowest BCUT2D eigenvalue weighted by Crippen LogP contribution is -2.39. The van der Waals surface area contributed by atoms with Crippen LogP contribution in [0.25, 0.3) is 0 Å². The molecule has 0 spiro atoms. The topological polar surface area (TPSA) is 32.3 Å². The molecule has 0 unspecified atom stereocenters. The molecular formula is C15H23NOS. The molecule has 1 aliphatic carbocycles. The van der Waals surface area contributed by atoms with Gasteiger partial charge in [-0.3, -0.25) is 0 Å². The summed E-state index contributed by atoms with van der Waals surface area (Å²) in [5, 5.41) is 13.2. The van der Waals surface area contributed by atoms with Crippen LogP contribution in [0.2, 0.25) is 0 Å². The normalized spacial score (nSPS) is 18.7. The van der Waals surface area contributed by atoms with Crippen molar-refractivity contribution in [3.05, 3.63) is 29.8 Å². The minimum Gasteiger partial charge on any atom is -0.508 e. The fourth-order valence-corrected chi connectivity index (χ4v) is 3.68. The molecule has 0 aliphatic heterocycles. The van der Waals surface area contributed by atoms with Gasteiger partial charge in [0.1, 0.15) is 5.75 Å². The highest BCUT2D eigenvalue weighted by molar-refractivity contribution is 8.00. The Kier molecular flexibility index (Phi) is 4.95. The third kappa shape index (κ3) is 3.42. The van der Waals surface area contributed by atoms with Crippen molar-refractivity contribution >= 4 is 11.8 Å². The number of benzene rings is 1. The minimum absolute atomic E-state index is 0.395. The third-order valence-corrected chi connectivity index (χ3v) is 5.37. The lowest BCUT2D eigenvalue weighted by Gasteiger charge is -2.36. The monoisotopic (exact) mass is 265 g/mol. The van der Waals surface area contributed by atoms with Crippen LogP contribution in [0, 0.1) is 0 Å². The maximum Gasteiger partial charge on any atom is 0.120 e. The number of hydrogen-bond acceptors (Lipinski definition) is 3. The highest BCUT2D eigenvalue weighted by Crippen LogP contribution is 2.38. The minimum atomic E-state index is 0.395. The lowest BCUT2D eigenvalue weighted by molar-refractivity contribution is 0.377. The van der Waals surface area contributed by atoms with E-state index in [1.165, 1.54) is 32.1 Å². The highest BCUT2D eigenvalue weighted by Gasteiger charge is 2.30. The molecule has 0 atom stereocenters. The van der Waals surface area contributed by atoms with E-state index >= 15 is 0 Å². The van der Waals surface area contributed by atoms with E-state index in [2.05, 4.69) is 11.6 Å². The molecule has 100 valence electrons. The molecule has 0 radical (unpaired) electrons. The quantitative estimate of drug-likeness (QED) is 0.854. The first-order valence-corrected chi connectivity index (χ1v) is 8.01. The van der Waals surface area contributed by atoms with Crippen molar-refractivity contribution in [1.82, 2.24) is 5.32 Å². The Bertz CT molecular complexity index is 375. The molecule has 2 N–H and O–H groups in total. The van der Waals surface area contributed by atoms with Crippen LogP contribution in [0.3, 0.4) is 0 Å². The van der Waals surface area contributed by atoms with E-state index in [9.17, 15) is 5.11 Å². The van der Waals surface area contributed by atoms with Gasteiger partial charge in [-0.2, -0.15) is 11.8 Å². The first kappa shape index (κ1) is 13.8. The van der Waals surface area contributed by atoms with Crippen molar-refractivity contribution in [2.45, 2.75) is 43.4 Å². The van der Waals surface area contributed by atoms with Crippen molar-refractivity contribution in [3.63, 3.8) is 0 Å². The average molecular weight is 265 g/mol. The van der Waals surface area contributed by atoms with E-state index in [0.29, 0.717) is 10.5 Å². The van der Waals surface area contributed by atoms with E-state index < -0.39 is 0 Å². The van der Waals surface area contributed by atoms with Crippen LogP contribution in [0.1, 0.15) is 37.7 Å². The van der Waals surface area contributed by atoms with Gasteiger partial charge < -0.3 is 10.4 Å². The molecule has 0 saturated heterocycles. The van der Waals surface area contributed by atoms with Gasteiger partial charge in [-0.15, -0.1) is 0 Å². The van der Waals surface area contributed by atoms with E-state index in [1.807, 2.05) is 30.0 Å². The summed E-state index contributed by atoms with van der Waals surface area (Å²) >= 11 is 2.01. The lowest BCUT2D eigenvalue weighted by atomic mass is 9.88. The van der Waals surface area contributed by atoms with Crippen molar-refractivity contribution in [3.8, 4) is 5.75 Å². The first-order chi connectivity index (χ1) is 8.76. The van der Waals surface area contributed by atoms with E-state index in [1.54, 1.807) is 6.07 Å². The summed E-state index contributed by atoms with van der Waals surface area (Å²) in [7, 11) is 0. The molecule has 1 aromatic rings. The Labute approximate surface area is 114 Å². The van der Waals surface area contributed by atoms with E-state index in [4.69, 9.17) is 0 Å². The maximum absolute atomic E-state index is 9.72. The molecule has 3 heteroatoms. The van der Waals surface area contributed by atoms with Crippen LogP contribution >= 0.6 is 11.8 Å². The Morgan fingerprint density at radius 2 is 1.94 bits per heavy atom. The van der Waals surface area contributed by atoms with Gasteiger partial charge in [-0.05, 0) is 25.2 Å². The fourth-order valence-electron chi connectivity index (χ4n) is 2.73. The van der Waals surface area contributed by atoms with Gasteiger partial charge in [0.05, 0.1) is 0 Å². The number of nitrogens with one attached hydrogen (secondary N) is 1. The second kappa shape index (κ2) is 6.48. The highest BCUT2D eigenvalue weighted by atomic mass is 32.2. The van der Waals surface area contributed by atoms with E-state index in [0.717, 1.165) is 18.7 Å². The van der Waals surface area contributed by atoms with Gasteiger partial charge in [0, 0.05) is 23.4 Å². The van der Waals surface area contributed by atoms with Gasteiger partial charge in [0.15, 0.2) is 0 Å². The van der Waals surface area contributed by atoms with Gasteiger partial charge in [0.2, 0.25) is 0 Å². The Balaban J connectivity index is 1.85. The zero-order valence-electron chi connectivity index (χ0n) is 11.1. The zero-order chi connectivity index (χ0) is 12.8. The molecule has 1 aliphatic rings. The van der Waals surface area contributed by atoms with Crippen LogP contribution in [0.4, 0.5) is 0 Å². The second-order valence-corrected chi connectivity index (χ2v) is 6.45. The Hall–Kier alpha value is -0.670. The van der Waals surface area contributed by atoms with Crippen LogP contribution in [0.15, 0.2) is 24.3 Å². The van der Waals surface area contributed by atoms with Crippen molar-refractivity contribution < 1.29 is 5.11 Å². The molecule has 0 amide bonds. The number of hydrogen-bond donors (Lipinski definition) is 2. The third-order valence-electron chi connectivity index (χ3n) is 3.95. The van der Waals surface area contributed by atoms with Gasteiger partial charge >= 0.3 is 0 Å². The summed E-state index contributed by atoms with van der Waals surface area (Å²) in [6, 6.07) is 7.57. The molecule has 18 heavy (non-hydrogen) atoms. The Morgan fingerprint density at radius 3 is 2.61 bits per heavy atom. The largest absolute Gasteiger partial charge is 0.508 e. The molecule has 0 heterocycles. The van der Waals surface area contributed by atoms with Crippen LogP contribution in [0.5, 0.6) is 5.75 Å². The first-order valence-electron chi connectivity index (χ1n) is 6.78. The van der Waals surface area contributed by atoms with Crippen molar-refractivity contribution in [1.29, 1.82) is 0 Å². The van der Waals surface area contributed by atoms with Gasteiger partial charge in [-0.1, -0.05) is 37.5 Å². The summed E-state index contributed by atoms with van der Waals surface area (Å²) in [5.41, 5.74) is 0.990. The summed E-state index contributed by atoms with van der Waals surface area (Å²) in [6.45, 7) is 1.80. The molecule has 2 rings (SSSR count). The van der Waals surface area contributed by atoms with Crippen LogP contribution in [-0.2, 0) is 6.54 Å². The number of aromatic hydroxyl groups is 1. The molecule has 1 aromatic carbocycles. The van der Waals surface area contributed by atoms with Crippen LogP contribution < -0.4 is 5.32 Å². The predicted octanol–water partition coefficient (Wildman–Crippen LogP) is 3.55. The molecule has 1 saturated carbocycles. The number of thioether (sulfide) groups is 1. The summed E-state index contributed by atoms with van der Waals surface area (Å²) in [6.07, 6.45) is 8.98. The number of phenolic OH excluding ortho intramolecular Hbond substituents is 1. The number of rotatable bonds is 5. The standard InChI is InChI=1S/C15H23NOS/c1-18-15(9-5-2-6-10-15)12-16-11-13-7-3-4-8-14(13)17/h3-4,7-8,16-17H,2,5-6,9-12H2,1H3. The summed E-state index contributed by atoms with van der Waals surface area (Å²) < 4.78 is 0.419. The SMILES string of the molecule is CSC1(CNCc2ccccc2O)CCCCC1. The molecule has 0 aromatic heterocycles. The molecule has 0 bridgehead atoms. The van der Waals surface area contributed by atoms with Gasteiger partial charge in [-0.25, -0.2) is 0 Å². The van der Waals surface area contributed by atoms with Crippen molar-refractivity contribution in [2.75, 3.05) is 12.8 Å². The van der Waals surface area contributed by atoms with Crippen molar-refractivity contribution in [2.24, 2.45) is 0 Å². The summed E-state index contributed by atoms with van der Waals surface area (Å²) in [4.78, 5) is 0. The number of para-hydroxylation sites is 1. The molecular weight excluding hydrogens is 242 g/mol. The average Bonchev–Trinajstić information content (AvgIpc) is 2.42. The maximum atomic E-state index is 9.72. The van der Waals surface area contributed by atoms with Crippen LogP contribution in [-0.4, -0.2) is 22.7 Å². The Morgan fingerprint density at radius 1 is 1.22 bits per heavy atom. The molecule has 2 nitrogen and oxygen atoms in total. The zero-order valence-corrected chi connectivity index (χ0v) is 11.9. The summed E-state index contributed by atoms with van der Waals surface area (Å²) in [5.74, 6) is 0.395. The molecule has 1 fully saturated rings. The fraction of sp³-hybridized carbons (Fsp3) is 0.600. The number of phenols is 1.